The molecule has 1 saturated carbocycles. The number of carbonyl (C=O) groups is 1. The summed E-state index contributed by atoms with van der Waals surface area (Å²) in [6, 6.07) is 10.4. The monoisotopic (exact) mass is 466 g/mol. The van der Waals surface area contributed by atoms with Crippen LogP contribution in [0, 0.1) is 5.41 Å². The van der Waals surface area contributed by atoms with Crippen molar-refractivity contribution < 1.29 is 9.53 Å². The van der Waals surface area contributed by atoms with E-state index in [-0.39, 0.29) is 12.1 Å². The Hall–Kier alpha value is -2.80. The number of nitrogens with one attached hydrogen (secondary N) is 3. The SMILES string of the molecule is CCN(C(=O)OC(C)(C)C)[C@H]1CC[C@@H](c2c[nH]c3cc(NC(=N)c4cccs4)ccc32)CC1. The van der Waals surface area contributed by atoms with Gasteiger partial charge >= 0.3 is 6.09 Å². The van der Waals surface area contributed by atoms with Crippen molar-refractivity contribution in [1.82, 2.24) is 9.88 Å². The maximum atomic E-state index is 12.6. The molecule has 1 amide bonds. The fraction of sp³-hybridized carbons (Fsp3) is 0.462. The summed E-state index contributed by atoms with van der Waals surface area (Å²) in [5, 5.41) is 14.7. The second-order valence-corrected chi connectivity index (χ2v) is 10.7. The van der Waals surface area contributed by atoms with Gasteiger partial charge in [-0.3, -0.25) is 5.41 Å². The van der Waals surface area contributed by atoms with Crippen molar-refractivity contribution in [2.45, 2.75) is 70.9 Å². The summed E-state index contributed by atoms with van der Waals surface area (Å²) >= 11 is 1.56. The van der Waals surface area contributed by atoms with E-state index >= 15 is 0 Å². The van der Waals surface area contributed by atoms with Crippen LogP contribution in [-0.2, 0) is 4.74 Å². The van der Waals surface area contributed by atoms with Gasteiger partial charge in [-0.1, -0.05) is 12.1 Å². The molecule has 0 atom stereocenters. The van der Waals surface area contributed by atoms with Crippen LogP contribution in [0.2, 0.25) is 0 Å². The molecule has 176 valence electrons. The summed E-state index contributed by atoms with van der Waals surface area (Å²) in [6.45, 7) is 8.45. The van der Waals surface area contributed by atoms with Crippen molar-refractivity contribution >= 4 is 39.9 Å². The van der Waals surface area contributed by atoms with Gasteiger partial charge in [-0.25, -0.2) is 4.79 Å². The number of nitrogens with zero attached hydrogens (tertiary/aromatic N) is 1. The highest BCUT2D eigenvalue weighted by molar-refractivity contribution is 7.12. The number of anilines is 1. The zero-order valence-electron chi connectivity index (χ0n) is 19.9. The molecule has 3 aromatic rings. The Morgan fingerprint density at radius 2 is 2.00 bits per heavy atom. The molecule has 4 rings (SSSR count). The maximum Gasteiger partial charge on any atom is 0.410 e. The van der Waals surface area contributed by atoms with Crippen molar-refractivity contribution in [3.8, 4) is 0 Å². The number of rotatable bonds is 5. The number of amides is 1. The van der Waals surface area contributed by atoms with Crippen LogP contribution in [0.25, 0.3) is 10.9 Å². The summed E-state index contributed by atoms with van der Waals surface area (Å²) < 4.78 is 5.62. The lowest BCUT2D eigenvalue weighted by molar-refractivity contribution is 0.0129. The molecule has 1 aromatic carbocycles. The van der Waals surface area contributed by atoms with Crippen LogP contribution in [-0.4, -0.2) is 40.0 Å². The molecular formula is C26H34N4O2S. The highest BCUT2D eigenvalue weighted by Crippen LogP contribution is 2.38. The maximum absolute atomic E-state index is 12.6. The number of benzene rings is 1. The lowest BCUT2D eigenvalue weighted by Crippen LogP contribution is -2.44. The molecule has 0 unspecified atom stereocenters. The van der Waals surface area contributed by atoms with Crippen molar-refractivity contribution in [1.29, 1.82) is 5.41 Å². The van der Waals surface area contributed by atoms with E-state index in [0.29, 0.717) is 18.3 Å². The molecule has 2 heterocycles. The molecule has 7 heteroatoms. The molecule has 33 heavy (non-hydrogen) atoms. The van der Waals surface area contributed by atoms with Gasteiger partial charge in [0, 0.05) is 35.4 Å². The van der Waals surface area contributed by atoms with Crippen molar-refractivity contribution in [2.75, 3.05) is 11.9 Å². The normalized spacial score (nSPS) is 18.8. The molecule has 0 radical (unpaired) electrons. The number of aromatic nitrogens is 1. The van der Waals surface area contributed by atoms with Gasteiger partial charge in [0.1, 0.15) is 11.4 Å². The smallest absolute Gasteiger partial charge is 0.410 e. The Balaban J connectivity index is 1.41. The number of amidine groups is 1. The molecule has 3 N–H and O–H groups in total. The third-order valence-electron chi connectivity index (χ3n) is 6.30. The van der Waals surface area contributed by atoms with Gasteiger partial charge in [-0.05, 0) is 88.4 Å². The zero-order chi connectivity index (χ0) is 23.6. The second kappa shape index (κ2) is 9.59. The van der Waals surface area contributed by atoms with Crippen molar-refractivity contribution in [2.24, 2.45) is 0 Å². The molecule has 6 nitrogen and oxygen atoms in total. The van der Waals surface area contributed by atoms with Crippen LogP contribution in [0.3, 0.4) is 0 Å². The number of H-pyrrole nitrogens is 1. The number of fused-ring (bicyclic) bond motifs is 1. The zero-order valence-corrected chi connectivity index (χ0v) is 20.7. The quantitative estimate of drug-likeness (QED) is 0.281. The minimum Gasteiger partial charge on any atom is -0.444 e. The topological polar surface area (TPSA) is 81.2 Å². The minimum absolute atomic E-state index is 0.200. The predicted molar refractivity (Wildman–Crippen MR) is 137 cm³/mol. The summed E-state index contributed by atoms with van der Waals surface area (Å²) in [5.41, 5.74) is 2.87. The summed E-state index contributed by atoms with van der Waals surface area (Å²) in [7, 11) is 0. The summed E-state index contributed by atoms with van der Waals surface area (Å²) in [6.07, 6.45) is 6.02. The summed E-state index contributed by atoms with van der Waals surface area (Å²) in [5.74, 6) is 0.899. The molecule has 0 bridgehead atoms. The lowest BCUT2D eigenvalue weighted by Gasteiger charge is -2.37. The van der Waals surface area contributed by atoms with E-state index in [1.165, 1.54) is 10.9 Å². The Morgan fingerprint density at radius 1 is 1.24 bits per heavy atom. The van der Waals surface area contributed by atoms with E-state index in [0.717, 1.165) is 41.8 Å². The minimum atomic E-state index is -0.471. The summed E-state index contributed by atoms with van der Waals surface area (Å²) in [4.78, 5) is 18.9. The van der Waals surface area contributed by atoms with Crippen LogP contribution >= 0.6 is 11.3 Å². The van der Waals surface area contributed by atoms with Crippen LogP contribution in [0.1, 0.15) is 69.7 Å². The standard InChI is InChI=1S/C26H34N4O2S/c1-5-30(25(31)32-26(2,3)4)19-11-8-17(9-12-19)21-16-28-22-15-18(10-13-20(21)22)29-24(27)23-7-6-14-33-23/h6-7,10,13-17,19,28H,5,8-9,11-12H2,1-4H3,(H2,27,29)/t17-,19+. The van der Waals surface area contributed by atoms with Gasteiger partial charge in [0.05, 0.1) is 4.88 Å². The van der Waals surface area contributed by atoms with E-state index in [4.69, 9.17) is 10.1 Å². The van der Waals surface area contributed by atoms with E-state index in [1.54, 1.807) is 11.3 Å². The number of aromatic amines is 1. The van der Waals surface area contributed by atoms with Crippen molar-refractivity contribution in [3.05, 3.63) is 52.3 Å². The molecule has 0 aliphatic heterocycles. The Labute approximate surface area is 199 Å². The Bertz CT molecular complexity index is 1110. The molecular weight excluding hydrogens is 432 g/mol. The van der Waals surface area contributed by atoms with E-state index in [1.807, 2.05) is 50.1 Å². The fourth-order valence-electron chi connectivity index (χ4n) is 4.75. The molecule has 1 fully saturated rings. The predicted octanol–water partition coefficient (Wildman–Crippen LogP) is 6.95. The second-order valence-electron chi connectivity index (χ2n) is 9.75. The third-order valence-corrected chi connectivity index (χ3v) is 7.18. The Kier molecular flexibility index (Phi) is 6.79. The van der Waals surface area contributed by atoms with Crippen LogP contribution in [0.4, 0.5) is 10.5 Å². The largest absolute Gasteiger partial charge is 0.444 e. The molecule has 1 aliphatic rings. The van der Waals surface area contributed by atoms with Crippen LogP contribution in [0.5, 0.6) is 0 Å². The molecule has 0 saturated heterocycles. The van der Waals surface area contributed by atoms with Crippen LogP contribution in [0.15, 0.2) is 41.9 Å². The van der Waals surface area contributed by atoms with Gasteiger partial charge in [0.25, 0.3) is 0 Å². The van der Waals surface area contributed by atoms with E-state index < -0.39 is 5.60 Å². The molecule has 0 spiro atoms. The first-order chi connectivity index (χ1) is 15.7. The number of carbonyl (C=O) groups excluding carboxylic acids is 1. The average molecular weight is 467 g/mol. The van der Waals surface area contributed by atoms with Gasteiger partial charge in [-0.2, -0.15) is 0 Å². The number of hydrogen-bond acceptors (Lipinski definition) is 4. The van der Waals surface area contributed by atoms with Gasteiger partial charge < -0.3 is 19.9 Å². The van der Waals surface area contributed by atoms with Crippen LogP contribution < -0.4 is 5.32 Å². The number of thiophene rings is 1. The van der Waals surface area contributed by atoms with E-state index in [9.17, 15) is 4.79 Å². The first kappa shape index (κ1) is 23.4. The van der Waals surface area contributed by atoms with Gasteiger partial charge in [0.15, 0.2) is 0 Å². The lowest BCUT2D eigenvalue weighted by atomic mass is 9.81. The Morgan fingerprint density at radius 3 is 2.64 bits per heavy atom. The first-order valence-electron chi connectivity index (χ1n) is 11.7. The van der Waals surface area contributed by atoms with Crippen molar-refractivity contribution in [3.63, 3.8) is 0 Å². The van der Waals surface area contributed by atoms with Gasteiger partial charge in [0.2, 0.25) is 0 Å². The number of hydrogen-bond donors (Lipinski definition) is 3. The first-order valence-corrected chi connectivity index (χ1v) is 12.6. The highest BCUT2D eigenvalue weighted by atomic mass is 32.1. The fourth-order valence-corrected chi connectivity index (χ4v) is 5.38. The average Bonchev–Trinajstić information content (AvgIpc) is 3.44. The highest BCUT2D eigenvalue weighted by Gasteiger charge is 2.31. The van der Waals surface area contributed by atoms with E-state index in [2.05, 4.69) is 34.7 Å². The molecule has 2 aromatic heterocycles. The number of ether oxygens (including phenoxy) is 1. The van der Waals surface area contributed by atoms with Gasteiger partial charge in [-0.15, -0.1) is 11.3 Å². The third kappa shape index (κ3) is 5.41. The molecule has 1 aliphatic carbocycles.